The first-order chi connectivity index (χ1) is 13.1. The fraction of sp³-hybridized carbons (Fsp3) is 0.652. The number of likely N-dealkylation sites (tertiary alicyclic amines) is 2. The van der Waals surface area contributed by atoms with Crippen LogP contribution in [0.3, 0.4) is 0 Å². The zero-order valence-electron chi connectivity index (χ0n) is 16.5. The van der Waals surface area contributed by atoms with Gasteiger partial charge in [-0.25, -0.2) is 0 Å². The van der Waals surface area contributed by atoms with Crippen molar-refractivity contribution in [1.82, 2.24) is 9.80 Å². The quantitative estimate of drug-likeness (QED) is 0.795. The van der Waals surface area contributed by atoms with Gasteiger partial charge in [0.05, 0.1) is 0 Å². The van der Waals surface area contributed by atoms with Crippen LogP contribution in [0.5, 0.6) is 0 Å². The predicted molar refractivity (Wildman–Crippen MR) is 106 cm³/mol. The largest absolute Gasteiger partial charge is 0.342 e. The molecule has 1 saturated carbocycles. The maximum absolute atomic E-state index is 13.1. The van der Waals surface area contributed by atoms with E-state index in [1.165, 1.54) is 32.1 Å². The van der Waals surface area contributed by atoms with Crippen LogP contribution in [0.15, 0.2) is 24.3 Å². The number of fused-ring (bicyclic) bond motifs is 1. The molecule has 2 heterocycles. The molecule has 1 aromatic carbocycles. The Kier molecular flexibility index (Phi) is 5.51. The van der Waals surface area contributed by atoms with Crippen molar-refractivity contribution in [2.24, 2.45) is 17.8 Å². The SMILES string of the molecule is Cc1ccccc1C(=O)N1CCC(C(=O)N2CC[C@@H]3CCCC[C@H]3C2)CC1. The van der Waals surface area contributed by atoms with Gasteiger partial charge in [-0.3, -0.25) is 9.59 Å². The minimum absolute atomic E-state index is 0.103. The van der Waals surface area contributed by atoms with Crippen LogP contribution in [0.1, 0.15) is 60.9 Å². The van der Waals surface area contributed by atoms with Gasteiger partial charge in [-0.15, -0.1) is 0 Å². The van der Waals surface area contributed by atoms with Gasteiger partial charge in [-0.05, 0) is 56.1 Å². The van der Waals surface area contributed by atoms with Crippen molar-refractivity contribution in [3.05, 3.63) is 35.4 Å². The van der Waals surface area contributed by atoms with Crippen molar-refractivity contribution < 1.29 is 9.59 Å². The second kappa shape index (κ2) is 8.04. The Labute approximate surface area is 162 Å². The number of aryl methyl sites for hydroxylation is 1. The number of hydrogen-bond acceptors (Lipinski definition) is 2. The van der Waals surface area contributed by atoms with Crippen molar-refractivity contribution in [3.8, 4) is 0 Å². The fourth-order valence-corrected chi connectivity index (χ4v) is 5.37. The molecule has 0 bridgehead atoms. The minimum atomic E-state index is 0.103. The second-order valence-electron chi connectivity index (χ2n) is 8.76. The molecule has 4 nitrogen and oxygen atoms in total. The summed E-state index contributed by atoms with van der Waals surface area (Å²) < 4.78 is 0. The number of amides is 2. The van der Waals surface area contributed by atoms with Gasteiger partial charge in [0.2, 0.25) is 5.91 Å². The first-order valence-corrected chi connectivity index (χ1v) is 10.8. The number of hydrogen-bond donors (Lipinski definition) is 0. The molecular weight excluding hydrogens is 336 g/mol. The van der Waals surface area contributed by atoms with Gasteiger partial charge in [0.1, 0.15) is 0 Å². The summed E-state index contributed by atoms with van der Waals surface area (Å²) in [6, 6.07) is 7.78. The van der Waals surface area contributed by atoms with Gasteiger partial charge in [0, 0.05) is 37.7 Å². The third-order valence-electron chi connectivity index (χ3n) is 7.11. The maximum Gasteiger partial charge on any atom is 0.254 e. The van der Waals surface area contributed by atoms with Crippen LogP contribution in [-0.4, -0.2) is 47.8 Å². The van der Waals surface area contributed by atoms with E-state index in [-0.39, 0.29) is 11.8 Å². The molecule has 0 N–H and O–H groups in total. The van der Waals surface area contributed by atoms with Crippen LogP contribution in [0, 0.1) is 24.7 Å². The van der Waals surface area contributed by atoms with Crippen LogP contribution >= 0.6 is 0 Å². The Morgan fingerprint density at radius 2 is 1.52 bits per heavy atom. The van der Waals surface area contributed by atoms with Crippen molar-refractivity contribution in [2.75, 3.05) is 26.2 Å². The summed E-state index contributed by atoms with van der Waals surface area (Å²) in [6.45, 7) is 5.31. The van der Waals surface area contributed by atoms with Crippen molar-refractivity contribution in [3.63, 3.8) is 0 Å². The number of piperidine rings is 2. The highest BCUT2D eigenvalue weighted by Crippen LogP contribution is 2.37. The average molecular weight is 369 g/mol. The summed E-state index contributed by atoms with van der Waals surface area (Å²) in [4.78, 5) is 29.9. The van der Waals surface area contributed by atoms with Gasteiger partial charge in [0.15, 0.2) is 0 Å². The number of rotatable bonds is 2. The van der Waals surface area contributed by atoms with E-state index in [0.717, 1.165) is 48.9 Å². The molecule has 0 spiro atoms. The normalized spacial score (nSPS) is 26.6. The molecule has 3 aliphatic rings. The smallest absolute Gasteiger partial charge is 0.254 e. The lowest BCUT2D eigenvalue weighted by Crippen LogP contribution is -2.49. The highest BCUT2D eigenvalue weighted by Gasteiger charge is 2.36. The number of carbonyl (C=O) groups excluding carboxylic acids is 2. The first-order valence-electron chi connectivity index (χ1n) is 10.8. The molecule has 2 amide bonds. The van der Waals surface area contributed by atoms with Crippen molar-refractivity contribution in [1.29, 1.82) is 0 Å². The number of nitrogens with zero attached hydrogens (tertiary/aromatic N) is 2. The summed E-state index contributed by atoms with van der Waals surface area (Å²) in [5.74, 6) is 2.16. The van der Waals surface area contributed by atoms with Crippen LogP contribution < -0.4 is 0 Å². The van der Waals surface area contributed by atoms with E-state index in [2.05, 4.69) is 4.90 Å². The molecule has 3 fully saturated rings. The number of carbonyl (C=O) groups is 2. The molecule has 4 heteroatoms. The zero-order chi connectivity index (χ0) is 18.8. The topological polar surface area (TPSA) is 40.6 Å². The molecule has 2 atom stereocenters. The molecule has 1 aromatic rings. The summed E-state index contributed by atoms with van der Waals surface area (Å²) in [6.07, 6.45) is 8.19. The van der Waals surface area contributed by atoms with Crippen LogP contribution in [-0.2, 0) is 4.79 Å². The lowest BCUT2D eigenvalue weighted by molar-refractivity contribution is -0.140. The van der Waals surface area contributed by atoms with E-state index >= 15 is 0 Å². The standard InChI is InChI=1S/C23H32N2O2/c1-17-6-2-5-9-21(17)23(27)24-13-11-19(12-14-24)22(26)25-15-10-18-7-3-4-8-20(18)16-25/h2,5-6,9,18-20H,3-4,7-8,10-16H2,1H3/t18-,20-/m0/s1. The molecule has 146 valence electrons. The third-order valence-corrected chi connectivity index (χ3v) is 7.11. The Morgan fingerprint density at radius 3 is 2.26 bits per heavy atom. The van der Waals surface area contributed by atoms with Gasteiger partial charge in [-0.1, -0.05) is 37.5 Å². The summed E-state index contributed by atoms with van der Waals surface area (Å²) in [5, 5.41) is 0. The molecule has 1 aliphatic carbocycles. The number of benzene rings is 1. The van der Waals surface area contributed by atoms with E-state index in [0.29, 0.717) is 19.0 Å². The highest BCUT2D eigenvalue weighted by atomic mass is 16.2. The van der Waals surface area contributed by atoms with Crippen molar-refractivity contribution in [2.45, 2.75) is 51.9 Å². The van der Waals surface area contributed by atoms with E-state index in [4.69, 9.17) is 0 Å². The fourth-order valence-electron chi connectivity index (χ4n) is 5.37. The molecule has 2 saturated heterocycles. The molecule has 0 unspecified atom stereocenters. The van der Waals surface area contributed by atoms with Crippen LogP contribution in [0.2, 0.25) is 0 Å². The third kappa shape index (κ3) is 3.90. The Morgan fingerprint density at radius 1 is 0.852 bits per heavy atom. The first kappa shape index (κ1) is 18.5. The summed E-state index contributed by atoms with van der Waals surface area (Å²) in [7, 11) is 0. The van der Waals surface area contributed by atoms with E-state index in [1.54, 1.807) is 0 Å². The van der Waals surface area contributed by atoms with Gasteiger partial charge in [0.25, 0.3) is 5.91 Å². The van der Waals surface area contributed by atoms with E-state index in [1.807, 2.05) is 36.1 Å². The van der Waals surface area contributed by atoms with Crippen molar-refractivity contribution >= 4 is 11.8 Å². The molecule has 4 rings (SSSR count). The van der Waals surface area contributed by atoms with E-state index < -0.39 is 0 Å². The molecule has 0 aromatic heterocycles. The summed E-state index contributed by atoms with van der Waals surface area (Å²) in [5.41, 5.74) is 1.82. The Hall–Kier alpha value is -1.84. The second-order valence-corrected chi connectivity index (χ2v) is 8.76. The maximum atomic E-state index is 13.1. The molecule has 27 heavy (non-hydrogen) atoms. The highest BCUT2D eigenvalue weighted by molar-refractivity contribution is 5.95. The van der Waals surface area contributed by atoms with Gasteiger partial charge in [-0.2, -0.15) is 0 Å². The molecule has 0 radical (unpaired) electrons. The summed E-state index contributed by atoms with van der Waals surface area (Å²) >= 11 is 0. The monoisotopic (exact) mass is 368 g/mol. The van der Waals surface area contributed by atoms with E-state index in [9.17, 15) is 9.59 Å². The molecular formula is C23H32N2O2. The predicted octanol–water partition coefficient (Wildman–Crippen LogP) is 3.89. The van der Waals surface area contributed by atoms with Crippen LogP contribution in [0.4, 0.5) is 0 Å². The van der Waals surface area contributed by atoms with Gasteiger partial charge < -0.3 is 9.80 Å². The minimum Gasteiger partial charge on any atom is -0.342 e. The average Bonchev–Trinajstić information content (AvgIpc) is 2.73. The molecule has 2 aliphatic heterocycles. The lowest BCUT2D eigenvalue weighted by Gasteiger charge is -2.43. The van der Waals surface area contributed by atoms with Crippen LogP contribution in [0.25, 0.3) is 0 Å². The Balaban J connectivity index is 1.32. The lowest BCUT2D eigenvalue weighted by atomic mass is 9.75. The van der Waals surface area contributed by atoms with Gasteiger partial charge >= 0.3 is 0 Å². The Bertz CT molecular complexity index is 693. The zero-order valence-corrected chi connectivity index (χ0v) is 16.5.